The highest BCUT2D eigenvalue weighted by Crippen LogP contribution is 2.33. The summed E-state index contributed by atoms with van der Waals surface area (Å²) >= 11 is 1.21. The van der Waals surface area contributed by atoms with Crippen molar-refractivity contribution >= 4 is 29.0 Å². The maximum absolute atomic E-state index is 12.3. The molecule has 28 heavy (non-hydrogen) atoms. The third kappa shape index (κ3) is 3.98. The highest BCUT2D eigenvalue weighted by Gasteiger charge is 2.19. The number of amides is 1. The standard InChI is InChI=1S/C17H17N5O5S/c1-10-7-12(22(24)25)14(26-3)8-11(10)18-15(23)9-28-17-20-19-16(21(17)2)13-5-4-6-27-13/h4-8H,9H2,1-3H3,(H,18,23). The number of benzene rings is 1. The summed E-state index contributed by atoms with van der Waals surface area (Å²) in [5.41, 5.74) is 0.851. The van der Waals surface area contributed by atoms with Crippen molar-refractivity contribution < 1.29 is 18.9 Å². The number of rotatable bonds is 7. The molecule has 0 unspecified atom stereocenters. The van der Waals surface area contributed by atoms with Crippen LogP contribution < -0.4 is 10.1 Å². The van der Waals surface area contributed by atoms with Crippen molar-refractivity contribution in [2.45, 2.75) is 12.1 Å². The summed E-state index contributed by atoms with van der Waals surface area (Å²) in [4.78, 5) is 22.8. The van der Waals surface area contributed by atoms with Crippen molar-refractivity contribution in [2.24, 2.45) is 7.05 Å². The second kappa shape index (κ2) is 8.13. The Morgan fingerprint density at radius 1 is 1.43 bits per heavy atom. The average molecular weight is 403 g/mol. The molecule has 0 bridgehead atoms. The predicted molar refractivity (Wildman–Crippen MR) is 102 cm³/mol. The first-order valence-corrected chi connectivity index (χ1v) is 9.08. The van der Waals surface area contributed by atoms with Gasteiger partial charge in [-0.2, -0.15) is 0 Å². The quantitative estimate of drug-likeness (QED) is 0.362. The fourth-order valence-corrected chi connectivity index (χ4v) is 3.20. The number of carbonyl (C=O) groups excluding carboxylic acids is 1. The minimum atomic E-state index is -0.530. The van der Waals surface area contributed by atoms with E-state index in [-0.39, 0.29) is 23.1 Å². The SMILES string of the molecule is COc1cc(NC(=O)CSc2nnc(-c3ccco3)n2C)c(C)cc1[N+](=O)[O-]. The van der Waals surface area contributed by atoms with Crippen molar-refractivity contribution in [1.29, 1.82) is 0 Å². The second-order valence-corrected chi connectivity index (χ2v) is 6.72. The number of aryl methyl sites for hydroxylation is 1. The third-order valence-electron chi connectivity index (χ3n) is 3.91. The third-order valence-corrected chi connectivity index (χ3v) is 4.93. The lowest BCUT2D eigenvalue weighted by Gasteiger charge is -2.10. The summed E-state index contributed by atoms with van der Waals surface area (Å²) in [7, 11) is 3.12. The van der Waals surface area contributed by atoms with Gasteiger partial charge in [0.25, 0.3) is 0 Å². The molecule has 3 aromatic rings. The lowest BCUT2D eigenvalue weighted by atomic mass is 10.1. The molecule has 3 rings (SSSR count). The summed E-state index contributed by atoms with van der Waals surface area (Å²) < 4.78 is 12.1. The monoisotopic (exact) mass is 403 g/mol. The number of thioether (sulfide) groups is 1. The number of nitro groups is 1. The predicted octanol–water partition coefficient (Wildman–Crippen LogP) is 3.03. The Kier molecular flexibility index (Phi) is 5.64. The van der Waals surface area contributed by atoms with E-state index < -0.39 is 4.92 Å². The number of anilines is 1. The molecule has 11 heteroatoms. The summed E-state index contributed by atoms with van der Waals surface area (Å²) in [5.74, 6) is 1.02. The van der Waals surface area contributed by atoms with E-state index in [1.807, 2.05) is 0 Å². The zero-order chi connectivity index (χ0) is 20.3. The number of hydrogen-bond acceptors (Lipinski definition) is 8. The van der Waals surface area contributed by atoms with Gasteiger partial charge in [0.05, 0.1) is 24.0 Å². The molecule has 0 atom stereocenters. The van der Waals surface area contributed by atoms with Crippen molar-refractivity contribution in [2.75, 3.05) is 18.2 Å². The number of furan rings is 1. The number of ether oxygens (including phenoxy) is 1. The Bertz CT molecular complexity index is 1020. The highest BCUT2D eigenvalue weighted by atomic mass is 32.2. The van der Waals surface area contributed by atoms with Crippen molar-refractivity contribution in [3.63, 3.8) is 0 Å². The van der Waals surface area contributed by atoms with Crippen LogP contribution in [0.25, 0.3) is 11.6 Å². The molecule has 1 aromatic carbocycles. The molecule has 146 valence electrons. The van der Waals surface area contributed by atoms with Crippen molar-refractivity contribution in [3.8, 4) is 17.3 Å². The number of carbonyl (C=O) groups is 1. The number of nitrogens with zero attached hydrogens (tertiary/aromatic N) is 4. The van der Waals surface area contributed by atoms with Crippen LogP contribution >= 0.6 is 11.8 Å². The van der Waals surface area contributed by atoms with E-state index in [0.717, 1.165) is 0 Å². The van der Waals surface area contributed by atoms with E-state index in [4.69, 9.17) is 9.15 Å². The highest BCUT2D eigenvalue weighted by molar-refractivity contribution is 7.99. The zero-order valence-electron chi connectivity index (χ0n) is 15.3. The Balaban J connectivity index is 1.68. The fourth-order valence-electron chi connectivity index (χ4n) is 2.49. The van der Waals surface area contributed by atoms with Crippen LogP contribution in [0.4, 0.5) is 11.4 Å². The van der Waals surface area contributed by atoms with Gasteiger partial charge in [0.2, 0.25) is 5.91 Å². The lowest BCUT2D eigenvalue weighted by molar-refractivity contribution is -0.385. The van der Waals surface area contributed by atoms with Crippen LogP contribution in [0.15, 0.2) is 40.1 Å². The largest absolute Gasteiger partial charge is 0.490 e. The van der Waals surface area contributed by atoms with Gasteiger partial charge < -0.3 is 19.0 Å². The zero-order valence-corrected chi connectivity index (χ0v) is 16.1. The molecule has 0 saturated heterocycles. The Morgan fingerprint density at radius 3 is 2.86 bits per heavy atom. The van der Waals surface area contributed by atoms with E-state index >= 15 is 0 Å². The molecule has 2 heterocycles. The Labute approximate surface area is 164 Å². The van der Waals surface area contributed by atoms with Crippen molar-refractivity contribution in [1.82, 2.24) is 14.8 Å². The van der Waals surface area contributed by atoms with Crippen LogP contribution in [0.3, 0.4) is 0 Å². The topological polar surface area (TPSA) is 125 Å². The van der Waals surface area contributed by atoms with Gasteiger partial charge in [0.1, 0.15) is 0 Å². The fraction of sp³-hybridized carbons (Fsp3) is 0.235. The minimum Gasteiger partial charge on any atom is -0.490 e. The van der Waals surface area contributed by atoms with E-state index in [1.165, 1.54) is 31.0 Å². The first kappa shape index (κ1) is 19.4. The smallest absolute Gasteiger partial charge is 0.311 e. The van der Waals surface area contributed by atoms with Crippen LogP contribution in [-0.4, -0.2) is 38.5 Å². The maximum atomic E-state index is 12.3. The van der Waals surface area contributed by atoms with Gasteiger partial charge in [0.15, 0.2) is 22.5 Å². The van der Waals surface area contributed by atoms with Gasteiger partial charge >= 0.3 is 5.69 Å². The first-order valence-electron chi connectivity index (χ1n) is 8.09. The van der Waals surface area contributed by atoms with Gasteiger partial charge in [0, 0.05) is 24.9 Å². The molecule has 10 nitrogen and oxygen atoms in total. The molecule has 0 spiro atoms. The Morgan fingerprint density at radius 2 is 2.21 bits per heavy atom. The van der Waals surface area contributed by atoms with E-state index in [1.54, 1.807) is 36.9 Å². The summed E-state index contributed by atoms with van der Waals surface area (Å²) in [6, 6.07) is 6.33. The average Bonchev–Trinajstić information content (AvgIpc) is 3.31. The first-order chi connectivity index (χ1) is 13.4. The molecule has 0 saturated carbocycles. The van der Waals surface area contributed by atoms with Crippen LogP contribution in [-0.2, 0) is 11.8 Å². The molecule has 2 aromatic heterocycles. The van der Waals surface area contributed by atoms with Gasteiger partial charge in [-0.05, 0) is 24.6 Å². The molecule has 1 N–H and O–H groups in total. The van der Waals surface area contributed by atoms with E-state index in [0.29, 0.717) is 28.0 Å². The molecule has 0 aliphatic heterocycles. The number of nitro benzene ring substituents is 1. The van der Waals surface area contributed by atoms with Gasteiger partial charge in [-0.25, -0.2) is 0 Å². The van der Waals surface area contributed by atoms with Crippen LogP contribution in [0.5, 0.6) is 5.75 Å². The molecule has 0 radical (unpaired) electrons. The normalized spacial score (nSPS) is 10.7. The molecular weight excluding hydrogens is 386 g/mol. The molecule has 0 aliphatic rings. The number of hydrogen-bond donors (Lipinski definition) is 1. The molecule has 0 aliphatic carbocycles. The van der Waals surface area contributed by atoms with Crippen LogP contribution in [0, 0.1) is 17.0 Å². The Hall–Kier alpha value is -3.34. The molecule has 0 fully saturated rings. The lowest BCUT2D eigenvalue weighted by Crippen LogP contribution is -2.15. The summed E-state index contributed by atoms with van der Waals surface area (Å²) in [6.07, 6.45) is 1.55. The van der Waals surface area contributed by atoms with E-state index in [2.05, 4.69) is 15.5 Å². The molecule has 1 amide bonds. The van der Waals surface area contributed by atoms with Gasteiger partial charge in [-0.1, -0.05) is 11.8 Å². The number of methoxy groups -OCH3 is 1. The van der Waals surface area contributed by atoms with Gasteiger partial charge in [-0.3, -0.25) is 14.9 Å². The number of aromatic nitrogens is 3. The maximum Gasteiger partial charge on any atom is 0.311 e. The molecular formula is C17H17N5O5S. The second-order valence-electron chi connectivity index (χ2n) is 5.78. The van der Waals surface area contributed by atoms with Crippen LogP contribution in [0.1, 0.15) is 5.56 Å². The van der Waals surface area contributed by atoms with E-state index in [9.17, 15) is 14.9 Å². The summed E-state index contributed by atoms with van der Waals surface area (Å²) in [5, 5.41) is 22.5. The number of nitrogens with one attached hydrogen (secondary N) is 1. The summed E-state index contributed by atoms with van der Waals surface area (Å²) in [6.45, 7) is 1.67. The van der Waals surface area contributed by atoms with Crippen LogP contribution in [0.2, 0.25) is 0 Å². The van der Waals surface area contributed by atoms with Gasteiger partial charge in [-0.15, -0.1) is 10.2 Å². The minimum absolute atomic E-state index is 0.0787. The van der Waals surface area contributed by atoms with Crippen molar-refractivity contribution in [3.05, 3.63) is 46.2 Å².